The van der Waals surface area contributed by atoms with Crippen molar-refractivity contribution >= 4 is 5.91 Å². The van der Waals surface area contributed by atoms with Crippen LogP contribution in [0.25, 0.3) is 0 Å². The minimum Gasteiger partial charge on any atom is -0.364 e. The Labute approximate surface area is 74.2 Å². The molecule has 0 heterocycles. The maximum absolute atomic E-state index is 11.0. The summed E-state index contributed by atoms with van der Waals surface area (Å²) in [6.45, 7) is 0. The fraction of sp³-hybridized carbons (Fsp3) is 0.125. The molecule has 0 saturated heterocycles. The molecule has 0 bridgehead atoms. The average Bonchev–Trinajstić information content (AvgIpc) is 2.16. The van der Waals surface area contributed by atoms with Gasteiger partial charge in [0, 0.05) is 11.1 Å². The van der Waals surface area contributed by atoms with Crippen LogP contribution in [0.1, 0.15) is 22.2 Å². The van der Waals surface area contributed by atoms with Gasteiger partial charge >= 0.3 is 0 Å². The largest absolute Gasteiger partial charge is 0.364 e. The molecule has 0 radical (unpaired) electrons. The molecule has 0 aromatic heterocycles. The summed E-state index contributed by atoms with van der Waals surface area (Å²) in [5.41, 5.74) is 1.49. The molecule has 1 aromatic rings. The molecule has 13 heavy (non-hydrogen) atoms. The van der Waals surface area contributed by atoms with Gasteiger partial charge in [-0.2, -0.15) is 0 Å². The third-order valence-corrected chi connectivity index (χ3v) is 1.59. The number of carbonyl (C=O) groups is 1. The van der Waals surface area contributed by atoms with Gasteiger partial charge in [-0.15, -0.1) is 0 Å². The zero-order valence-corrected chi connectivity index (χ0v) is 6.64. The zero-order valence-electron chi connectivity index (χ0n) is 6.64. The van der Waals surface area contributed by atoms with Crippen LogP contribution < -0.4 is 5.48 Å². The van der Waals surface area contributed by atoms with Crippen molar-refractivity contribution in [2.75, 3.05) is 0 Å². The number of carbonyl (C=O) groups excluding carboxylic acids is 1. The number of rotatable bonds is 2. The normalized spacial score (nSPS) is 10.2. The lowest BCUT2D eigenvalue weighted by atomic mass is 10.1. The summed E-state index contributed by atoms with van der Waals surface area (Å²) >= 11 is 0. The summed E-state index contributed by atoms with van der Waals surface area (Å²) < 4.78 is 0. The molecular formula is C8H9NO4. The Hall–Kier alpha value is -1.43. The molecule has 0 unspecified atom stereocenters. The molecule has 0 aliphatic rings. The molecule has 70 valence electrons. The first-order chi connectivity index (χ1) is 6.16. The van der Waals surface area contributed by atoms with E-state index in [1.165, 1.54) is 17.6 Å². The van der Waals surface area contributed by atoms with Gasteiger partial charge in [0.15, 0.2) is 6.29 Å². The van der Waals surface area contributed by atoms with E-state index in [2.05, 4.69) is 0 Å². The smallest absolute Gasteiger partial charge is 0.275 e. The molecule has 0 saturated carbocycles. The molecule has 1 amide bonds. The van der Waals surface area contributed by atoms with Gasteiger partial charge < -0.3 is 10.2 Å². The number of hydrogen-bond donors (Lipinski definition) is 4. The number of hydrogen-bond acceptors (Lipinski definition) is 4. The Morgan fingerprint density at radius 2 is 1.92 bits per heavy atom. The lowest BCUT2D eigenvalue weighted by Crippen LogP contribution is -2.21. The molecule has 1 aromatic carbocycles. The van der Waals surface area contributed by atoms with Crippen molar-refractivity contribution < 1.29 is 20.2 Å². The summed E-state index contributed by atoms with van der Waals surface area (Å²) in [7, 11) is 0. The zero-order chi connectivity index (χ0) is 9.84. The van der Waals surface area contributed by atoms with Crippen LogP contribution in [0.3, 0.4) is 0 Å². The maximum atomic E-state index is 11.0. The second kappa shape index (κ2) is 3.99. The molecule has 0 atom stereocenters. The molecule has 5 heteroatoms. The fourth-order valence-corrected chi connectivity index (χ4v) is 0.989. The van der Waals surface area contributed by atoms with E-state index in [9.17, 15) is 4.79 Å². The lowest BCUT2D eigenvalue weighted by molar-refractivity contribution is -0.0431. The van der Waals surface area contributed by atoms with Crippen molar-refractivity contribution in [2.45, 2.75) is 6.29 Å². The van der Waals surface area contributed by atoms with Crippen LogP contribution >= 0.6 is 0 Å². The van der Waals surface area contributed by atoms with Crippen LogP contribution in [0.15, 0.2) is 24.3 Å². The number of nitrogens with one attached hydrogen (secondary N) is 1. The maximum Gasteiger partial charge on any atom is 0.275 e. The average molecular weight is 183 g/mol. The number of hydroxylamine groups is 1. The van der Waals surface area contributed by atoms with Crippen LogP contribution in [-0.2, 0) is 0 Å². The number of amides is 1. The Bertz CT molecular complexity index is 311. The molecule has 4 N–H and O–H groups in total. The van der Waals surface area contributed by atoms with E-state index in [0.717, 1.165) is 0 Å². The highest BCUT2D eigenvalue weighted by Gasteiger charge is 2.13. The van der Waals surface area contributed by atoms with Gasteiger partial charge in [-0.05, 0) is 6.07 Å². The summed E-state index contributed by atoms with van der Waals surface area (Å²) in [5, 5.41) is 26.0. The van der Waals surface area contributed by atoms with Crippen LogP contribution in [-0.4, -0.2) is 21.3 Å². The monoisotopic (exact) mass is 183 g/mol. The summed E-state index contributed by atoms with van der Waals surface area (Å²) in [5.74, 6) is -0.774. The fourth-order valence-electron chi connectivity index (χ4n) is 0.989. The molecule has 1 rings (SSSR count). The van der Waals surface area contributed by atoms with Gasteiger partial charge in [0.05, 0.1) is 0 Å². The van der Waals surface area contributed by atoms with E-state index in [1.807, 2.05) is 0 Å². The standard InChI is InChI=1S/C8H9NO4/c10-7(9-13)5-3-1-2-4-6(5)8(11)12/h1-4,8,11-13H,(H,9,10). The molecule has 5 nitrogen and oxygen atoms in total. The van der Waals surface area contributed by atoms with E-state index in [4.69, 9.17) is 15.4 Å². The third kappa shape index (κ3) is 2.03. The van der Waals surface area contributed by atoms with Gasteiger partial charge in [0.25, 0.3) is 5.91 Å². The van der Waals surface area contributed by atoms with E-state index >= 15 is 0 Å². The Balaban J connectivity index is 3.12. The topological polar surface area (TPSA) is 89.8 Å². The van der Waals surface area contributed by atoms with Crippen LogP contribution in [0, 0.1) is 0 Å². The van der Waals surface area contributed by atoms with E-state index in [-0.39, 0.29) is 11.1 Å². The van der Waals surface area contributed by atoms with Gasteiger partial charge in [-0.25, -0.2) is 5.48 Å². The molecule has 0 spiro atoms. The number of aliphatic hydroxyl groups excluding tert-OH is 1. The van der Waals surface area contributed by atoms with Crippen molar-refractivity contribution in [1.29, 1.82) is 0 Å². The number of aliphatic hydroxyl groups is 2. The molecule has 0 aliphatic heterocycles. The predicted molar refractivity (Wildman–Crippen MR) is 42.9 cm³/mol. The predicted octanol–water partition coefficient (Wildman–Crippen LogP) is -0.211. The SMILES string of the molecule is O=C(NO)c1ccccc1C(O)O. The van der Waals surface area contributed by atoms with Gasteiger partial charge in [0.1, 0.15) is 0 Å². The minimum absolute atomic E-state index is 0.0278. The lowest BCUT2D eigenvalue weighted by Gasteiger charge is -2.08. The molecule has 0 aliphatic carbocycles. The van der Waals surface area contributed by atoms with Gasteiger partial charge in [-0.3, -0.25) is 10.0 Å². The Kier molecular flexibility index (Phi) is 2.97. The summed E-state index contributed by atoms with van der Waals surface area (Å²) in [6.07, 6.45) is -1.73. The highest BCUT2D eigenvalue weighted by Crippen LogP contribution is 2.15. The van der Waals surface area contributed by atoms with Crippen LogP contribution in [0.4, 0.5) is 0 Å². The van der Waals surface area contributed by atoms with Crippen molar-refractivity contribution in [3.05, 3.63) is 35.4 Å². The summed E-state index contributed by atoms with van der Waals surface area (Å²) in [6, 6.07) is 5.87. The van der Waals surface area contributed by atoms with Crippen molar-refractivity contribution in [3.63, 3.8) is 0 Å². The Morgan fingerprint density at radius 1 is 1.31 bits per heavy atom. The van der Waals surface area contributed by atoms with Gasteiger partial charge in [-0.1, -0.05) is 18.2 Å². The molecular weight excluding hydrogens is 174 g/mol. The second-order valence-corrected chi connectivity index (χ2v) is 2.40. The van der Waals surface area contributed by atoms with E-state index < -0.39 is 12.2 Å². The first-order valence-corrected chi connectivity index (χ1v) is 3.56. The molecule has 0 fully saturated rings. The quantitative estimate of drug-likeness (QED) is 0.290. The van der Waals surface area contributed by atoms with Crippen molar-refractivity contribution in [3.8, 4) is 0 Å². The minimum atomic E-state index is -1.73. The summed E-state index contributed by atoms with van der Waals surface area (Å²) in [4.78, 5) is 11.0. The van der Waals surface area contributed by atoms with Gasteiger partial charge in [0.2, 0.25) is 0 Å². The van der Waals surface area contributed by atoms with Crippen molar-refractivity contribution in [2.24, 2.45) is 0 Å². The first-order valence-electron chi connectivity index (χ1n) is 3.56. The second-order valence-electron chi connectivity index (χ2n) is 2.40. The Morgan fingerprint density at radius 3 is 2.46 bits per heavy atom. The van der Waals surface area contributed by atoms with Crippen molar-refractivity contribution in [1.82, 2.24) is 5.48 Å². The third-order valence-electron chi connectivity index (χ3n) is 1.59. The van der Waals surface area contributed by atoms with E-state index in [0.29, 0.717) is 0 Å². The highest BCUT2D eigenvalue weighted by molar-refractivity contribution is 5.94. The highest BCUT2D eigenvalue weighted by atomic mass is 16.5. The first kappa shape index (κ1) is 9.66. The van der Waals surface area contributed by atoms with Crippen LogP contribution in [0.5, 0.6) is 0 Å². The number of benzene rings is 1. The van der Waals surface area contributed by atoms with E-state index in [1.54, 1.807) is 12.1 Å². The van der Waals surface area contributed by atoms with Crippen LogP contribution in [0.2, 0.25) is 0 Å².